The Morgan fingerprint density at radius 1 is 1.35 bits per heavy atom. The second-order valence-electron chi connectivity index (χ2n) is 3.66. The number of halogens is 2. The number of ether oxygens (including phenoxy) is 1. The van der Waals surface area contributed by atoms with Crippen LogP contribution in [0.4, 0.5) is 14.5 Å². The molecule has 7 heteroatoms. The van der Waals surface area contributed by atoms with Crippen LogP contribution in [0.1, 0.15) is 10.4 Å². The predicted molar refractivity (Wildman–Crippen MR) is 68.0 cm³/mol. The van der Waals surface area contributed by atoms with E-state index in [2.05, 4.69) is 21.3 Å². The topological polar surface area (TPSA) is 67.4 Å². The van der Waals surface area contributed by atoms with E-state index in [1.165, 1.54) is 0 Å². The molecule has 0 radical (unpaired) electrons. The summed E-state index contributed by atoms with van der Waals surface area (Å²) in [5.41, 5.74) is -0.792. The van der Waals surface area contributed by atoms with Gasteiger partial charge in [-0.15, -0.1) is 6.42 Å². The van der Waals surface area contributed by atoms with Crippen molar-refractivity contribution in [3.63, 3.8) is 0 Å². The van der Waals surface area contributed by atoms with Gasteiger partial charge < -0.3 is 10.1 Å². The number of anilines is 1. The minimum atomic E-state index is -1.07. The van der Waals surface area contributed by atoms with Crippen LogP contribution in [0.5, 0.6) is 0 Å². The van der Waals surface area contributed by atoms with Gasteiger partial charge in [-0.05, 0) is 6.07 Å². The molecule has 0 bridgehead atoms. The van der Waals surface area contributed by atoms with Crippen LogP contribution in [0, 0.1) is 24.0 Å². The van der Waals surface area contributed by atoms with E-state index in [1.54, 1.807) is 0 Å². The molecule has 0 spiro atoms. The molecule has 1 amide bonds. The zero-order valence-corrected chi connectivity index (χ0v) is 10.6. The molecule has 0 atom stereocenters. The van der Waals surface area contributed by atoms with Gasteiger partial charge in [-0.3, -0.25) is 10.1 Å². The van der Waals surface area contributed by atoms with Gasteiger partial charge in [0.15, 0.2) is 0 Å². The number of carbonyl (C=O) groups excluding carboxylic acids is 2. The quantitative estimate of drug-likeness (QED) is 0.478. The molecule has 0 unspecified atom stereocenters. The first kappa shape index (κ1) is 15.6. The third-order valence-corrected chi connectivity index (χ3v) is 2.25. The van der Waals surface area contributed by atoms with Crippen LogP contribution in [0.3, 0.4) is 0 Å². The zero-order chi connectivity index (χ0) is 15.1. The number of terminal acetylenes is 1. The monoisotopic (exact) mass is 282 g/mol. The molecule has 0 aliphatic heterocycles. The lowest BCUT2D eigenvalue weighted by Gasteiger charge is -2.09. The van der Waals surface area contributed by atoms with E-state index in [-0.39, 0.29) is 18.8 Å². The molecular formula is C13H12F2N2O3. The predicted octanol–water partition coefficient (Wildman–Crippen LogP) is 0.913. The fourth-order valence-corrected chi connectivity index (χ4v) is 1.35. The van der Waals surface area contributed by atoms with Crippen molar-refractivity contribution in [2.75, 3.05) is 25.5 Å². The first-order chi connectivity index (χ1) is 9.49. The molecule has 0 aliphatic carbocycles. The van der Waals surface area contributed by atoms with Gasteiger partial charge in [0.05, 0.1) is 31.5 Å². The standard InChI is InChI=1S/C13H12F2N2O3/c1-3-4-16-7-12(18)17-11-5-8(13(19)20-2)9(14)6-10(11)15/h1,5-6,16H,4,7H2,2H3,(H,17,18). The number of esters is 1. The lowest BCUT2D eigenvalue weighted by Crippen LogP contribution is -2.28. The molecule has 1 aromatic carbocycles. The Balaban J connectivity index is 2.87. The molecule has 1 aromatic rings. The van der Waals surface area contributed by atoms with Gasteiger partial charge in [0.2, 0.25) is 5.91 Å². The van der Waals surface area contributed by atoms with Gasteiger partial charge in [0.25, 0.3) is 0 Å². The number of methoxy groups -OCH3 is 1. The normalized spacial score (nSPS) is 9.70. The van der Waals surface area contributed by atoms with E-state index >= 15 is 0 Å². The molecule has 106 valence electrons. The molecular weight excluding hydrogens is 270 g/mol. The maximum atomic E-state index is 13.5. The molecule has 0 heterocycles. The minimum absolute atomic E-state index is 0.144. The van der Waals surface area contributed by atoms with Crippen LogP contribution in [-0.2, 0) is 9.53 Å². The summed E-state index contributed by atoms with van der Waals surface area (Å²) in [6.45, 7) is 0.0291. The molecule has 0 saturated carbocycles. The second-order valence-corrected chi connectivity index (χ2v) is 3.66. The van der Waals surface area contributed by atoms with E-state index in [0.717, 1.165) is 13.2 Å². The van der Waals surface area contributed by atoms with Gasteiger partial charge in [-0.2, -0.15) is 0 Å². The first-order valence-electron chi connectivity index (χ1n) is 5.51. The summed E-state index contributed by atoms with van der Waals surface area (Å²) in [5, 5.41) is 4.79. The number of benzene rings is 1. The number of carbonyl (C=O) groups is 2. The Morgan fingerprint density at radius 2 is 2.05 bits per heavy atom. The number of rotatable bonds is 5. The molecule has 0 aromatic heterocycles. The first-order valence-corrected chi connectivity index (χ1v) is 5.51. The molecule has 20 heavy (non-hydrogen) atoms. The van der Waals surface area contributed by atoms with Gasteiger partial charge in [0.1, 0.15) is 11.6 Å². The number of amides is 1. The average molecular weight is 282 g/mol. The molecule has 1 rings (SSSR count). The number of nitrogens with one attached hydrogen (secondary N) is 2. The smallest absolute Gasteiger partial charge is 0.340 e. The molecule has 0 fully saturated rings. The maximum Gasteiger partial charge on any atom is 0.340 e. The summed E-state index contributed by atoms with van der Waals surface area (Å²) < 4.78 is 31.2. The van der Waals surface area contributed by atoms with E-state index in [0.29, 0.717) is 6.07 Å². The van der Waals surface area contributed by atoms with Crippen LogP contribution in [0.25, 0.3) is 0 Å². The Hall–Kier alpha value is -2.46. The summed E-state index contributed by atoms with van der Waals surface area (Å²) >= 11 is 0. The number of hydrogen-bond acceptors (Lipinski definition) is 4. The Labute approximate surface area is 114 Å². The lowest BCUT2D eigenvalue weighted by atomic mass is 10.1. The fourth-order valence-electron chi connectivity index (χ4n) is 1.35. The summed E-state index contributed by atoms with van der Waals surface area (Å²) in [6, 6.07) is 1.37. The highest BCUT2D eigenvalue weighted by atomic mass is 19.1. The zero-order valence-electron chi connectivity index (χ0n) is 10.6. The molecule has 5 nitrogen and oxygen atoms in total. The molecule has 0 aliphatic rings. The van der Waals surface area contributed by atoms with E-state index in [1.807, 2.05) is 0 Å². The van der Waals surface area contributed by atoms with Crippen molar-refractivity contribution in [3.05, 3.63) is 29.3 Å². The van der Waals surface area contributed by atoms with Crippen molar-refractivity contribution in [2.45, 2.75) is 0 Å². The van der Waals surface area contributed by atoms with Crippen LogP contribution < -0.4 is 10.6 Å². The Morgan fingerprint density at radius 3 is 2.65 bits per heavy atom. The van der Waals surface area contributed by atoms with Crippen molar-refractivity contribution in [1.82, 2.24) is 5.32 Å². The lowest BCUT2D eigenvalue weighted by molar-refractivity contribution is -0.115. The van der Waals surface area contributed by atoms with Crippen LogP contribution in [0.15, 0.2) is 12.1 Å². The maximum absolute atomic E-state index is 13.5. The molecule has 0 saturated heterocycles. The van der Waals surface area contributed by atoms with Gasteiger partial charge in [0, 0.05) is 6.07 Å². The van der Waals surface area contributed by atoms with Crippen LogP contribution >= 0.6 is 0 Å². The van der Waals surface area contributed by atoms with Crippen LogP contribution in [-0.4, -0.2) is 32.1 Å². The summed E-state index contributed by atoms with van der Waals surface area (Å²) in [7, 11) is 1.06. The third kappa shape index (κ3) is 4.03. The largest absolute Gasteiger partial charge is 0.465 e. The highest BCUT2D eigenvalue weighted by Crippen LogP contribution is 2.20. The van der Waals surface area contributed by atoms with Crippen molar-refractivity contribution in [3.8, 4) is 12.3 Å². The van der Waals surface area contributed by atoms with Crippen LogP contribution in [0.2, 0.25) is 0 Å². The highest BCUT2D eigenvalue weighted by molar-refractivity contribution is 5.95. The summed E-state index contributed by atoms with van der Waals surface area (Å²) in [4.78, 5) is 22.7. The summed E-state index contributed by atoms with van der Waals surface area (Å²) in [5.74, 6) is -1.36. The summed E-state index contributed by atoms with van der Waals surface area (Å²) in [6.07, 6.45) is 4.98. The van der Waals surface area contributed by atoms with Crippen molar-refractivity contribution in [2.24, 2.45) is 0 Å². The van der Waals surface area contributed by atoms with E-state index in [4.69, 9.17) is 6.42 Å². The van der Waals surface area contributed by atoms with Gasteiger partial charge in [-0.25, -0.2) is 13.6 Å². The Kier molecular flexibility index (Phi) is 5.62. The van der Waals surface area contributed by atoms with E-state index < -0.39 is 29.1 Å². The van der Waals surface area contributed by atoms with Crippen molar-refractivity contribution < 1.29 is 23.1 Å². The SMILES string of the molecule is C#CCNCC(=O)Nc1cc(C(=O)OC)c(F)cc1F. The fraction of sp³-hybridized carbons (Fsp3) is 0.231. The Bertz CT molecular complexity index is 567. The highest BCUT2D eigenvalue weighted by Gasteiger charge is 2.17. The van der Waals surface area contributed by atoms with Gasteiger partial charge >= 0.3 is 5.97 Å². The minimum Gasteiger partial charge on any atom is -0.465 e. The van der Waals surface area contributed by atoms with Crippen molar-refractivity contribution >= 4 is 17.6 Å². The van der Waals surface area contributed by atoms with Gasteiger partial charge in [-0.1, -0.05) is 5.92 Å². The van der Waals surface area contributed by atoms with Crippen molar-refractivity contribution in [1.29, 1.82) is 0 Å². The average Bonchev–Trinajstić information content (AvgIpc) is 2.41. The number of hydrogen-bond donors (Lipinski definition) is 2. The molecule has 2 N–H and O–H groups in total. The van der Waals surface area contributed by atoms with E-state index in [9.17, 15) is 18.4 Å². The second kappa shape index (κ2) is 7.21. The third-order valence-electron chi connectivity index (χ3n) is 2.25.